The summed E-state index contributed by atoms with van der Waals surface area (Å²) in [5, 5.41) is 5.94. The predicted octanol–water partition coefficient (Wildman–Crippen LogP) is 2.68. The van der Waals surface area contributed by atoms with Crippen LogP contribution in [0.15, 0.2) is 24.3 Å². The van der Waals surface area contributed by atoms with E-state index in [2.05, 4.69) is 10.6 Å². The van der Waals surface area contributed by atoms with Crippen LogP contribution in [0.25, 0.3) is 0 Å². The van der Waals surface area contributed by atoms with Gasteiger partial charge in [0.15, 0.2) is 0 Å². The Morgan fingerprint density at radius 3 is 2.60 bits per heavy atom. The molecule has 1 unspecified atom stereocenters. The average Bonchev–Trinajstić information content (AvgIpc) is 2.35. The van der Waals surface area contributed by atoms with Crippen LogP contribution in [-0.2, 0) is 4.79 Å². The van der Waals surface area contributed by atoms with E-state index in [1.165, 1.54) is 0 Å². The van der Waals surface area contributed by atoms with E-state index in [1.54, 1.807) is 0 Å². The van der Waals surface area contributed by atoms with Crippen LogP contribution in [-0.4, -0.2) is 25.6 Å². The number of nitrogens with one attached hydrogen (secondary N) is 2. The number of ether oxygens (including phenoxy) is 1. The molecule has 0 aliphatic heterocycles. The molecule has 0 saturated carbocycles. The van der Waals surface area contributed by atoms with Gasteiger partial charge in [-0.05, 0) is 45.5 Å². The van der Waals surface area contributed by atoms with Gasteiger partial charge in [-0.3, -0.25) is 4.79 Å². The van der Waals surface area contributed by atoms with Gasteiger partial charge >= 0.3 is 0 Å². The predicted molar refractivity (Wildman–Crippen MR) is 84.6 cm³/mol. The molecule has 0 heterocycles. The summed E-state index contributed by atoms with van der Waals surface area (Å²) in [5.74, 6) is 0.890. The summed E-state index contributed by atoms with van der Waals surface area (Å²) in [6.45, 7) is 6.66. The fourth-order valence-corrected chi connectivity index (χ4v) is 1.76. The summed E-state index contributed by atoms with van der Waals surface area (Å²) in [6, 6.07) is 7.83. The lowest BCUT2D eigenvalue weighted by atomic mass is 10.1. The van der Waals surface area contributed by atoms with Crippen molar-refractivity contribution in [1.29, 1.82) is 0 Å². The van der Waals surface area contributed by atoms with Crippen LogP contribution in [0.3, 0.4) is 0 Å². The van der Waals surface area contributed by atoms with Crippen molar-refractivity contribution in [1.82, 2.24) is 10.6 Å². The van der Waals surface area contributed by atoms with Gasteiger partial charge in [0.05, 0.1) is 12.1 Å². The number of carbonyl (C=O) groups excluding carboxylic acids is 1. The van der Waals surface area contributed by atoms with Crippen molar-refractivity contribution in [3.05, 3.63) is 29.8 Å². The highest BCUT2D eigenvalue weighted by molar-refractivity contribution is 5.85. The van der Waals surface area contributed by atoms with Crippen LogP contribution in [0.2, 0.25) is 0 Å². The number of hydrogen-bond acceptors (Lipinski definition) is 3. The van der Waals surface area contributed by atoms with Crippen molar-refractivity contribution in [2.75, 3.05) is 13.6 Å². The maximum Gasteiger partial charge on any atom is 0.221 e. The summed E-state index contributed by atoms with van der Waals surface area (Å²) in [4.78, 5) is 11.7. The lowest BCUT2D eigenvalue weighted by Crippen LogP contribution is -2.29. The highest BCUT2D eigenvalue weighted by Gasteiger charge is 2.10. The highest BCUT2D eigenvalue weighted by atomic mass is 35.5. The first-order chi connectivity index (χ1) is 9.02. The maximum absolute atomic E-state index is 11.7. The Morgan fingerprint density at radius 1 is 1.30 bits per heavy atom. The minimum absolute atomic E-state index is 0. The van der Waals surface area contributed by atoms with Gasteiger partial charge in [0, 0.05) is 13.0 Å². The minimum atomic E-state index is -0.0138. The van der Waals surface area contributed by atoms with Crippen LogP contribution < -0.4 is 15.4 Å². The number of benzene rings is 1. The quantitative estimate of drug-likeness (QED) is 0.814. The zero-order chi connectivity index (χ0) is 14.3. The third kappa shape index (κ3) is 6.78. The summed E-state index contributed by atoms with van der Waals surface area (Å²) in [5.41, 5.74) is 1.05. The zero-order valence-corrected chi connectivity index (χ0v) is 13.4. The van der Waals surface area contributed by atoms with Gasteiger partial charge < -0.3 is 15.4 Å². The van der Waals surface area contributed by atoms with Crippen molar-refractivity contribution >= 4 is 18.3 Å². The molecule has 0 spiro atoms. The van der Waals surface area contributed by atoms with E-state index in [-0.39, 0.29) is 30.5 Å². The summed E-state index contributed by atoms with van der Waals surface area (Å²) in [7, 11) is 1.84. The summed E-state index contributed by atoms with van der Waals surface area (Å²) in [6.07, 6.45) is 0.638. The third-order valence-electron chi connectivity index (χ3n) is 2.71. The summed E-state index contributed by atoms with van der Waals surface area (Å²) >= 11 is 0. The molecule has 5 heteroatoms. The molecular formula is C15H25ClN2O2. The minimum Gasteiger partial charge on any atom is -0.491 e. The largest absolute Gasteiger partial charge is 0.491 e. The molecule has 1 rings (SSSR count). The molecule has 0 aliphatic rings. The van der Waals surface area contributed by atoms with Crippen molar-refractivity contribution in [2.45, 2.75) is 39.3 Å². The van der Waals surface area contributed by atoms with Gasteiger partial charge in [-0.1, -0.05) is 12.1 Å². The van der Waals surface area contributed by atoms with Crippen LogP contribution in [0.1, 0.15) is 38.8 Å². The molecule has 1 aromatic rings. The van der Waals surface area contributed by atoms with Crippen molar-refractivity contribution in [2.24, 2.45) is 0 Å². The Labute approximate surface area is 127 Å². The van der Waals surface area contributed by atoms with Crippen molar-refractivity contribution < 1.29 is 9.53 Å². The molecule has 2 N–H and O–H groups in total. The van der Waals surface area contributed by atoms with Gasteiger partial charge in [-0.25, -0.2) is 0 Å². The first kappa shape index (κ1) is 18.7. The lowest BCUT2D eigenvalue weighted by molar-refractivity contribution is -0.121. The Bertz CT molecular complexity index is 411. The van der Waals surface area contributed by atoms with E-state index < -0.39 is 0 Å². The fraction of sp³-hybridized carbons (Fsp3) is 0.533. The summed E-state index contributed by atoms with van der Waals surface area (Å²) < 4.78 is 5.65. The second-order valence-corrected chi connectivity index (χ2v) is 4.88. The average molecular weight is 301 g/mol. The van der Waals surface area contributed by atoms with Crippen LogP contribution in [0.5, 0.6) is 5.75 Å². The SMILES string of the molecule is CNCCC(=O)NC(C)c1cccc(OC(C)C)c1.Cl. The highest BCUT2D eigenvalue weighted by Crippen LogP contribution is 2.20. The topological polar surface area (TPSA) is 50.4 Å². The van der Waals surface area contributed by atoms with Crippen LogP contribution >= 0.6 is 12.4 Å². The monoisotopic (exact) mass is 300 g/mol. The molecule has 114 valence electrons. The molecule has 0 aromatic heterocycles. The zero-order valence-electron chi connectivity index (χ0n) is 12.6. The van der Waals surface area contributed by atoms with Crippen molar-refractivity contribution in [3.8, 4) is 5.75 Å². The van der Waals surface area contributed by atoms with E-state index in [1.807, 2.05) is 52.1 Å². The number of amides is 1. The first-order valence-electron chi connectivity index (χ1n) is 6.73. The molecule has 0 radical (unpaired) electrons. The molecule has 0 aliphatic carbocycles. The van der Waals surface area contributed by atoms with Crippen molar-refractivity contribution in [3.63, 3.8) is 0 Å². The third-order valence-corrected chi connectivity index (χ3v) is 2.71. The molecule has 0 bridgehead atoms. The number of rotatable bonds is 7. The second-order valence-electron chi connectivity index (χ2n) is 4.88. The van der Waals surface area contributed by atoms with E-state index in [4.69, 9.17) is 4.74 Å². The normalized spacial score (nSPS) is 11.7. The fourth-order valence-electron chi connectivity index (χ4n) is 1.76. The standard InChI is InChI=1S/C15H24N2O2.ClH/c1-11(2)19-14-7-5-6-13(10-14)12(3)17-15(18)8-9-16-4;/h5-7,10-12,16H,8-9H2,1-4H3,(H,17,18);1H. The van der Waals surface area contributed by atoms with Gasteiger partial charge in [-0.15, -0.1) is 12.4 Å². The van der Waals surface area contributed by atoms with Gasteiger partial charge in [0.1, 0.15) is 5.75 Å². The molecule has 1 amide bonds. The molecule has 1 aromatic carbocycles. The second kappa shape index (κ2) is 9.61. The molecular weight excluding hydrogens is 276 g/mol. The molecule has 0 saturated heterocycles. The number of carbonyl (C=O) groups is 1. The van der Waals surface area contributed by atoms with E-state index >= 15 is 0 Å². The van der Waals surface area contributed by atoms with Crippen LogP contribution in [0, 0.1) is 0 Å². The van der Waals surface area contributed by atoms with Gasteiger partial charge in [-0.2, -0.15) is 0 Å². The first-order valence-corrected chi connectivity index (χ1v) is 6.73. The lowest BCUT2D eigenvalue weighted by Gasteiger charge is -2.16. The smallest absolute Gasteiger partial charge is 0.221 e. The Kier molecular flexibility index (Phi) is 9.01. The van der Waals surface area contributed by atoms with E-state index in [0.717, 1.165) is 11.3 Å². The Morgan fingerprint density at radius 2 is 2.00 bits per heavy atom. The Hall–Kier alpha value is -1.26. The van der Waals surface area contributed by atoms with E-state index in [9.17, 15) is 4.79 Å². The Balaban J connectivity index is 0.00000361. The van der Waals surface area contributed by atoms with Gasteiger partial charge in [0.2, 0.25) is 5.91 Å². The van der Waals surface area contributed by atoms with E-state index in [0.29, 0.717) is 13.0 Å². The molecule has 4 nitrogen and oxygen atoms in total. The van der Waals surface area contributed by atoms with Crippen LogP contribution in [0.4, 0.5) is 0 Å². The maximum atomic E-state index is 11.7. The number of halogens is 1. The van der Waals surface area contributed by atoms with Gasteiger partial charge in [0.25, 0.3) is 0 Å². The number of hydrogen-bond donors (Lipinski definition) is 2. The molecule has 1 atom stereocenters. The molecule has 20 heavy (non-hydrogen) atoms. The molecule has 0 fully saturated rings.